The maximum absolute atomic E-state index is 3.62. The summed E-state index contributed by atoms with van der Waals surface area (Å²) in [6.07, 6.45) is 6.22. The molecule has 0 spiro atoms. The molecule has 1 atom stereocenters. The van der Waals surface area contributed by atoms with Gasteiger partial charge in [-0.05, 0) is 36.3 Å². The number of hydrogen-bond donors (Lipinski definition) is 2. The number of nitrogens with one attached hydrogen (secondary N) is 2. The summed E-state index contributed by atoms with van der Waals surface area (Å²) in [5, 5.41) is 5.79. The summed E-state index contributed by atoms with van der Waals surface area (Å²) in [6.45, 7) is 2.12. The van der Waals surface area contributed by atoms with Gasteiger partial charge < -0.3 is 10.3 Å². The van der Waals surface area contributed by atoms with Crippen molar-refractivity contribution in [3.05, 3.63) is 36.0 Å². The van der Waals surface area contributed by atoms with Crippen LogP contribution < -0.4 is 5.32 Å². The lowest BCUT2D eigenvalue weighted by Gasteiger charge is -2.21. The normalized spacial score (nSPS) is 20.3. The van der Waals surface area contributed by atoms with Crippen molar-refractivity contribution in [1.29, 1.82) is 0 Å². The van der Waals surface area contributed by atoms with E-state index in [4.69, 9.17) is 0 Å². The summed E-state index contributed by atoms with van der Waals surface area (Å²) in [5.74, 6) is 1.35. The third kappa shape index (κ3) is 2.73. The van der Waals surface area contributed by atoms with E-state index in [0.29, 0.717) is 0 Å². The van der Waals surface area contributed by atoms with Gasteiger partial charge in [-0.2, -0.15) is 11.8 Å². The van der Waals surface area contributed by atoms with E-state index < -0.39 is 0 Å². The highest BCUT2D eigenvalue weighted by Crippen LogP contribution is 2.24. The Kier molecular flexibility index (Phi) is 3.91. The lowest BCUT2D eigenvalue weighted by molar-refractivity contribution is 0.599. The minimum absolute atomic E-state index is 0.823. The van der Waals surface area contributed by atoms with Crippen LogP contribution in [0.5, 0.6) is 0 Å². The van der Waals surface area contributed by atoms with E-state index in [1.165, 1.54) is 41.5 Å². The van der Waals surface area contributed by atoms with Crippen LogP contribution in [0.15, 0.2) is 30.5 Å². The van der Waals surface area contributed by atoms with Crippen LogP contribution in [0.1, 0.15) is 24.8 Å². The molecule has 1 saturated heterocycles. The molecule has 0 amide bonds. The Labute approximate surface area is 113 Å². The molecule has 2 aromatic rings. The van der Waals surface area contributed by atoms with Crippen molar-refractivity contribution in [2.24, 2.45) is 0 Å². The van der Waals surface area contributed by atoms with Crippen molar-refractivity contribution in [2.45, 2.75) is 31.1 Å². The van der Waals surface area contributed by atoms with Gasteiger partial charge in [0.25, 0.3) is 0 Å². The van der Waals surface area contributed by atoms with Gasteiger partial charge in [0.2, 0.25) is 0 Å². The fourth-order valence-electron chi connectivity index (χ4n) is 2.64. The van der Waals surface area contributed by atoms with E-state index >= 15 is 0 Å². The highest BCUT2D eigenvalue weighted by Gasteiger charge is 2.13. The van der Waals surface area contributed by atoms with Crippen molar-refractivity contribution in [2.75, 3.05) is 12.3 Å². The lowest BCUT2D eigenvalue weighted by atomic mass is 10.1. The molecular formula is C15H20N2S. The van der Waals surface area contributed by atoms with Crippen LogP contribution in [0, 0.1) is 0 Å². The lowest BCUT2D eigenvalue weighted by Crippen LogP contribution is -2.26. The molecule has 18 heavy (non-hydrogen) atoms. The number of benzene rings is 1. The molecule has 0 aliphatic carbocycles. The van der Waals surface area contributed by atoms with Gasteiger partial charge in [0.05, 0.1) is 0 Å². The van der Waals surface area contributed by atoms with Crippen LogP contribution in [0.3, 0.4) is 0 Å². The summed E-state index contributed by atoms with van der Waals surface area (Å²) in [6, 6.07) is 8.65. The summed E-state index contributed by atoms with van der Waals surface area (Å²) in [4.78, 5) is 3.27. The smallest absolute Gasteiger partial charge is 0.0457 e. The van der Waals surface area contributed by atoms with Crippen LogP contribution in [0.4, 0.5) is 0 Å². The molecule has 2 nitrogen and oxygen atoms in total. The molecule has 0 saturated carbocycles. The van der Waals surface area contributed by atoms with Gasteiger partial charge in [-0.3, -0.25) is 0 Å². The molecule has 1 aromatic carbocycles. The number of aromatic nitrogens is 1. The number of rotatable bonds is 4. The molecule has 2 N–H and O–H groups in total. The van der Waals surface area contributed by atoms with Crippen molar-refractivity contribution in [1.82, 2.24) is 10.3 Å². The third-order valence-electron chi connectivity index (χ3n) is 3.65. The predicted molar refractivity (Wildman–Crippen MR) is 80.1 cm³/mol. The topological polar surface area (TPSA) is 27.8 Å². The molecule has 1 aliphatic rings. The van der Waals surface area contributed by atoms with E-state index in [0.717, 1.165) is 18.3 Å². The standard InChI is InChI=1S/C15H20N2S/c1-2-9-18-13(5-1)11-16-10-12-4-3-6-15-14(12)7-8-17-15/h3-4,6-8,13,16-17H,1-2,5,9-11H2. The second kappa shape index (κ2) is 5.81. The second-order valence-corrected chi connectivity index (χ2v) is 6.38. The quantitative estimate of drug-likeness (QED) is 0.880. The average molecular weight is 260 g/mol. The van der Waals surface area contributed by atoms with Crippen molar-refractivity contribution in [3.63, 3.8) is 0 Å². The average Bonchev–Trinajstić information content (AvgIpc) is 2.89. The first-order chi connectivity index (χ1) is 8.93. The number of fused-ring (bicyclic) bond motifs is 1. The highest BCUT2D eigenvalue weighted by molar-refractivity contribution is 7.99. The number of hydrogen-bond acceptors (Lipinski definition) is 2. The molecule has 0 bridgehead atoms. The maximum Gasteiger partial charge on any atom is 0.0457 e. The van der Waals surface area contributed by atoms with Gasteiger partial charge in [0.15, 0.2) is 0 Å². The Bertz CT molecular complexity index is 500. The van der Waals surface area contributed by atoms with Crippen LogP contribution in [-0.2, 0) is 6.54 Å². The minimum Gasteiger partial charge on any atom is -0.361 e. The largest absolute Gasteiger partial charge is 0.361 e. The molecule has 96 valence electrons. The van der Waals surface area contributed by atoms with E-state index in [2.05, 4.69) is 46.3 Å². The first-order valence-corrected chi connectivity index (χ1v) is 7.85. The molecule has 1 aromatic heterocycles. The first kappa shape index (κ1) is 12.1. The summed E-state index contributed by atoms with van der Waals surface area (Å²) < 4.78 is 0. The fraction of sp³-hybridized carbons (Fsp3) is 0.467. The third-order valence-corrected chi connectivity index (χ3v) is 5.04. The predicted octanol–water partition coefficient (Wildman–Crippen LogP) is 3.54. The van der Waals surface area contributed by atoms with Gasteiger partial charge >= 0.3 is 0 Å². The monoisotopic (exact) mass is 260 g/mol. The van der Waals surface area contributed by atoms with Gasteiger partial charge in [-0.1, -0.05) is 18.6 Å². The minimum atomic E-state index is 0.823. The first-order valence-electron chi connectivity index (χ1n) is 6.81. The zero-order valence-electron chi connectivity index (χ0n) is 10.6. The van der Waals surface area contributed by atoms with E-state index in [-0.39, 0.29) is 0 Å². The van der Waals surface area contributed by atoms with Gasteiger partial charge in [-0.25, -0.2) is 0 Å². The molecule has 3 rings (SSSR count). The van der Waals surface area contributed by atoms with Gasteiger partial charge in [-0.15, -0.1) is 0 Å². The van der Waals surface area contributed by atoms with Crippen LogP contribution in [0.25, 0.3) is 10.9 Å². The summed E-state index contributed by atoms with van der Waals surface area (Å²) >= 11 is 2.13. The maximum atomic E-state index is 3.62. The van der Waals surface area contributed by atoms with Crippen molar-refractivity contribution in [3.8, 4) is 0 Å². The Morgan fingerprint density at radius 3 is 3.17 bits per heavy atom. The van der Waals surface area contributed by atoms with Gasteiger partial charge in [0, 0.05) is 35.4 Å². The highest BCUT2D eigenvalue weighted by atomic mass is 32.2. The Hall–Kier alpha value is -0.930. The molecule has 1 aliphatic heterocycles. The summed E-state index contributed by atoms with van der Waals surface area (Å²) in [7, 11) is 0. The number of H-pyrrole nitrogens is 1. The molecule has 2 heterocycles. The summed E-state index contributed by atoms with van der Waals surface area (Å²) in [5.41, 5.74) is 2.64. The number of aromatic amines is 1. The van der Waals surface area contributed by atoms with E-state index in [1.807, 2.05) is 6.20 Å². The van der Waals surface area contributed by atoms with Crippen LogP contribution in [-0.4, -0.2) is 22.5 Å². The molecule has 1 unspecified atom stereocenters. The Balaban J connectivity index is 1.57. The molecule has 1 fully saturated rings. The van der Waals surface area contributed by atoms with Gasteiger partial charge in [0.1, 0.15) is 0 Å². The zero-order valence-corrected chi connectivity index (χ0v) is 11.4. The fourth-order valence-corrected chi connectivity index (χ4v) is 3.91. The van der Waals surface area contributed by atoms with E-state index in [1.54, 1.807) is 0 Å². The molecular weight excluding hydrogens is 240 g/mol. The Morgan fingerprint density at radius 2 is 2.28 bits per heavy atom. The Morgan fingerprint density at radius 1 is 1.28 bits per heavy atom. The number of thioether (sulfide) groups is 1. The van der Waals surface area contributed by atoms with Crippen LogP contribution >= 0.6 is 11.8 Å². The molecule has 0 radical (unpaired) electrons. The zero-order chi connectivity index (χ0) is 12.2. The SMILES string of the molecule is c1cc(CNCC2CCCCS2)c2cc[nH]c2c1. The van der Waals surface area contributed by atoms with Crippen molar-refractivity contribution < 1.29 is 0 Å². The second-order valence-electron chi connectivity index (χ2n) is 4.98. The van der Waals surface area contributed by atoms with Crippen LogP contribution in [0.2, 0.25) is 0 Å². The molecule has 3 heteroatoms. The van der Waals surface area contributed by atoms with E-state index in [9.17, 15) is 0 Å². The van der Waals surface area contributed by atoms with Crippen molar-refractivity contribution >= 4 is 22.7 Å².